The molecular formula is C14H20BrNO3S. The van der Waals surface area contributed by atoms with Crippen molar-refractivity contribution in [3.8, 4) is 0 Å². The summed E-state index contributed by atoms with van der Waals surface area (Å²) in [6, 6.07) is 4.96. The van der Waals surface area contributed by atoms with E-state index >= 15 is 0 Å². The monoisotopic (exact) mass is 361 g/mol. The second-order valence-electron chi connectivity index (χ2n) is 5.39. The van der Waals surface area contributed by atoms with Crippen LogP contribution in [0.2, 0.25) is 0 Å². The van der Waals surface area contributed by atoms with Crippen LogP contribution in [-0.2, 0) is 16.6 Å². The number of halogens is 1. The van der Waals surface area contributed by atoms with Crippen LogP contribution in [-0.4, -0.2) is 29.9 Å². The molecule has 1 aromatic carbocycles. The molecule has 1 saturated heterocycles. The minimum atomic E-state index is -3.55. The molecule has 2 rings (SSSR count). The summed E-state index contributed by atoms with van der Waals surface area (Å²) in [6.45, 7) is 3.74. The third kappa shape index (κ3) is 2.93. The van der Waals surface area contributed by atoms with E-state index in [0.29, 0.717) is 10.0 Å². The zero-order chi connectivity index (χ0) is 14.9. The number of aliphatic hydroxyl groups excluding tert-OH is 1. The number of nitrogens with zero attached hydrogens (tertiary/aromatic N) is 1. The molecule has 0 saturated carbocycles. The first-order valence-electron chi connectivity index (χ1n) is 6.80. The van der Waals surface area contributed by atoms with Gasteiger partial charge < -0.3 is 5.11 Å². The van der Waals surface area contributed by atoms with Crippen molar-refractivity contribution in [1.29, 1.82) is 0 Å². The summed E-state index contributed by atoms with van der Waals surface area (Å²) < 4.78 is 28.0. The summed E-state index contributed by atoms with van der Waals surface area (Å²) in [6.07, 6.45) is 2.84. The van der Waals surface area contributed by atoms with Gasteiger partial charge in [-0.15, -0.1) is 0 Å². The highest BCUT2D eigenvalue weighted by molar-refractivity contribution is 9.10. The Hall–Kier alpha value is -0.430. The van der Waals surface area contributed by atoms with E-state index in [1.807, 2.05) is 13.8 Å². The van der Waals surface area contributed by atoms with E-state index in [2.05, 4.69) is 15.9 Å². The molecule has 0 aliphatic carbocycles. The van der Waals surface area contributed by atoms with Crippen LogP contribution in [0.3, 0.4) is 0 Å². The molecule has 1 fully saturated rings. The first kappa shape index (κ1) is 15.9. The molecule has 0 radical (unpaired) electrons. The Bertz CT molecular complexity index is 578. The van der Waals surface area contributed by atoms with Crippen molar-refractivity contribution in [3.63, 3.8) is 0 Å². The van der Waals surface area contributed by atoms with Crippen LogP contribution < -0.4 is 0 Å². The Morgan fingerprint density at radius 3 is 2.45 bits per heavy atom. The normalized spacial score (nSPS) is 24.8. The fourth-order valence-electron chi connectivity index (χ4n) is 2.83. The fraction of sp³-hybridized carbons (Fsp3) is 0.571. The molecule has 1 N–H and O–H groups in total. The number of piperidine rings is 1. The third-order valence-electron chi connectivity index (χ3n) is 3.85. The number of rotatable bonds is 3. The molecule has 1 aliphatic heterocycles. The molecule has 1 aromatic rings. The second-order valence-corrected chi connectivity index (χ2v) is 8.05. The first-order valence-corrected chi connectivity index (χ1v) is 9.04. The minimum Gasteiger partial charge on any atom is -0.392 e. The number of benzene rings is 1. The van der Waals surface area contributed by atoms with Gasteiger partial charge in [-0.05, 0) is 60.3 Å². The van der Waals surface area contributed by atoms with Gasteiger partial charge in [0, 0.05) is 16.6 Å². The summed E-state index contributed by atoms with van der Waals surface area (Å²) in [5.74, 6) is 0. The van der Waals surface area contributed by atoms with E-state index in [1.54, 1.807) is 22.5 Å². The molecular weight excluding hydrogens is 342 g/mol. The van der Waals surface area contributed by atoms with E-state index in [4.69, 9.17) is 0 Å². The summed E-state index contributed by atoms with van der Waals surface area (Å²) in [5.41, 5.74) is 0.601. The van der Waals surface area contributed by atoms with Crippen molar-refractivity contribution in [1.82, 2.24) is 4.31 Å². The van der Waals surface area contributed by atoms with Gasteiger partial charge in [0.1, 0.15) is 0 Å². The largest absolute Gasteiger partial charge is 0.392 e. The first-order chi connectivity index (χ1) is 9.37. The van der Waals surface area contributed by atoms with Crippen LogP contribution in [0.5, 0.6) is 0 Å². The van der Waals surface area contributed by atoms with E-state index < -0.39 is 10.0 Å². The van der Waals surface area contributed by atoms with Crippen LogP contribution in [0.1, 0.15) is 38.7 Å². The van der Waals surface area contributed by atoms with Gasteiger partial charge in [-0.25, -0.2) is 8.42 Å². The molecule has 0 unspecified atom stereocenters. The highest BCUT2D eigenvalue weighted by Gasteiger charge is 2.36. The van der Waals surface area contributed by atoms with Gasteiger partial charge in [-0.1, -0.05) is 12.5 Å². The molecule has 0 bridgehead atoms. The molecule has 0 amide bonds. The molecule has 2 atom stereocenters. The second kappa shape index (κ2) is 6.13. The van der Waals surface area contributed by atoms with Crippen LogP contribution in [0.4, 0.5) is 0 Å². The molecule has 0 spiro atoms. The molecule has 1 aliphatic rings. The molecule has 112 valence electrons. The highest BCUT2D eigenvalue weighted by atomic mass is 79.9. The maximum atomic E-state index is 12.9. The van der Waals surface area contributed by atoms with Crippen molar-refractivity contribution in [2.45, 2.75) is 56.7 Å². The van der Waals surface area contributed by atoms with Crippen LogP contribution in [0, 0.1) is 0 Å². The van der Waals surface area contributed by atoms with Gasteiger partial charge in [0.05, 0.1) is 11.5 Å². The fourth-order valence-corrected chi connectivity index (χ4v) is 5.69. The maximum absolute atomic E-state index is 12.9. The average molecular weight is 362 g/mol. The lowest BCUT2D eigenvalue weighted by Crippen LogP contribution is -2.47. The van der Waals surface area contributed by atoms with E-state index in [9.17, 15) is 13.5 Å². The lowest BCUT2D eigenvalue weighted by Gasteiger charge is -2.37. The third-order valence-corrected chi connectivity index (χ3v) is 6.97. The quantitative estimate of drug-likeness (QED) is 0.900. The number of sulfonamides is 1. The van der Waals surface area contributed by atoms with Gasteiger partial charge in [0.15, 0.2) is 0 Å². The van der Waals surface area contributed by atoms with Gasteiger partial charge in [-0.2, -0.15) is 4.31 Å². The van der Waals surface area contributed by atoms with E-state index in [1.165, 1.54) is 0 Å². The maximum Gasteiger partial charge on any atom is 0.244 e. The summed E-state index contributed by atoms with van der Waals surface area (Å²) in [5, 5.41) is 9.21. The highest BCUT2D eigenvalue weighted by Crippen LogP contribution is 2.33. The van der Waals surface area contributed by atoms with Crippen molar-refractivity contribution < 1.29 is 13.5 Å². The topological polar surface area (TPSA) is 57.6 Å². The van der Waals surface area contributed by atoms with Crippen molar-refractivity contribution in [3.05, 3.63) is 28.2 Å². The average Bonchev–Trinajstić information content (AvgIpc) is 2.38. The zero-order valence-electron chi connectivity index (χ0n) is 11.7. The Morgan fingerprint density at radius 2 is 1.90 bits per heavy atom. The number of hydrogen-bond acceptors (Lipinski definition) is 3. The van der Waals surface area contributed by atoms with Gasteiger partial charge in [0.25, 0.3) is 0 Å². The van der Waals surface area contributed by atoms with Crippen molar-refractivity contribution >= 4 is 26.0 Å². The van der Waals surface area contributed by atoms with Crippen molar-refractivity contribution in [2.75, 3.05) is 0 Å². The molecule has 6 heteroatoms. The Balaban J connectivity index is 2.49. The lowest BCUT2D eigenvalue weighted by molar-refractivity contribution is 0.204. The molecule has 0 aromatic heterocycles. The zero-order valence-corrected chi connectivity index (χ0v) is 14.1. The van der Waals surface area contributed by atoms with Crippen molar-refractivity contribution in [2.24, 2.45) is 0 Å². The molecule has 4 nitrogen and oxygen atoms in total. The predicted molar refractivity (Wildman–Crippen MR) is 81.9 cm³/mol. The summed E-state index contributed by atoms with van der Waals surface area (Å²) >= 11 is 3.31. The Kier molecular flexibility index (Phi) is 4.89. The summed E-state index contributed by atoms with van der Waals surface area (Å²) in [4.78, 5) is 0.240. The minimum absolute atomic E-state index is 0.00781. The molecule has 20 heavy (non-hydrogen) atoms. The van der Waals surface area contributed by atoms with E-state index in [0.717, 1.165) is 19.3 Å². The standard InChI is InChI=1S/C14H20BrNO3S/c1-10-4-3-5-11(2)16(10)20(18,19)14-8-12(9-17)6-7-13(14)15/h6-8,10-11,17H,3-5,9H2,1-2H3/t10-,11+. The SMILES string of the molecule is C[C@@H]1CCC[C@H](C)N1S(=O)(=O)c1cc(CO)ccc1Br. The number of aliphatic hydroxyl groups is 1. The Morgan fingerprint density at radius 1 is 1.30 bits per heavy atom. The van der Waals surface area contributed by atoms with Gasteiger partial charge in [-0.3, -0.25) is 0 Å². The van der Waals surface area contributed by atoms with Crippen LogP contribution in [0.15, 0.2) is 27.6 Å². The smallest absolute Gasteiger partial charge is 0.244 e. The van der Waals surface area contributed by atoms with Crippen LogP contribution in [0.25, 0.3) is 0 Å². The predicted octanol–water partition coefficient (Wildman–Crippen LogP) is 2.89. The Labute approximate surface area is 129 Å². The lowest BCUT2D eigenvalue weighted by atomic mass is 10.0. The van der Waals surface area contributed by atoms with Crippen LogP contribution >= 0.6 is 15.9 Å². The number of hydrogen-bond donors (Lipinski definition) is 1. The van der Waals surface area contributed by atoms with E-state index in [-0.39, 0.29) is 23.6 Å². The summed E-state index contributed by atoms with van der Waals surface area (Å²) in [7, 11) is -3.55. The van der Waals surface area contributed by atoms with Gasteiger partial charge >= 0.3 is 0 Å². The van der Waals surface area contributed by atoms with Gasteiger partial charge in [0.2, 0.25) is 10.0 Å². The molecule has 1 heterocycles.